The molecule has 1 fully saturated rings. The van der Waals surface area contributed by atoms with E-state index < -0.39 is 0 Å². The highest BCUT2D eigenvalue weighted by atomic mass is 79.9. The maximum Gasteiger partial charge on any atom is 0.267 e. The number of carbonyl (C=O) groups is 1. The van der Waals surface area contributed by atoms with Crippen LogP contribution < -0.4 is 10.6 Å². The van der Waals surface area contributed by atoms with Crippen LogP contribution in [0.1, 0.15) is 36.7 Å². The lowest BCUT2D eigenvalue weighted by Crippen LogP contribution is -2.31. The minimum absolute atomic E-state index is 0.0144. The predicted molar refractivity (Wildman–Crippen MR) is 75.8 cm³/mol. The molecule has 100 valence electrons. The van der Waals surface area contributed by atoms with Crippen LogP contribution >= 0.6 is 15.9 Å². The summed E-state index contributed by atoms with van der Waals surface area (Å²) in [6.07, 6.45) is 5.43. The summed E-state index contributed by atoms with van der Waals surface area (Å²) in [6, 6.07) is 2.45. The Morgan fingerprint density at radius 2 is 2.50 bits per heavy atom. The molecule has 1 aliphatic heterocycles. The van der Waals surface area contributed by atoms with Gasteiger partial charge in [0.25, 0.3) is 5.91 Å². The van der Waals surface area contributed by atoms with Crippen molar-refractivity contribution in [3.63, 3.8) is 0 Å². The summed E-state index contributed by atoms with van der Waals surface area (Å²) in [7, 11) is 0. The van der Waals surface area contributed by atoms with E-state index in [4.69, 9.17) is 0 Å². The van der Waals surface area contributed by atoms with Crippen LogP contribution in [0.15, 0.2) is 16.7 Å². The molecule has 1 aromatic heterocycles. The molecule has 1 aliphatic rings. The van der Waals surface area contributed by atoms with Crippen LogP contribution in [-0.2, 0) is 6.54 Å². The van der Waals surface area contributed by atoms with Crippen LogP contribution in [0.3, 0.4) is 0 Å². The lowest BCUT2D eigenvalue weighted by atomic mass is 10.1. The van der Waals surface area contributed by atoms with Gasteiger partial charge in [-0.1, -0.05) is 0 Å². The number of nitrogens with one attached hydrogen (secondary N) is 2. The second-order valence-electron chi connectivity index (χ2n) is 4.67. The molecule has 2 rings (SSSR count). The van der Waals surface area contributed by atoms with Crippen molar-refractivity contribution in [1.29, 1.82) is 0 Å². The van der Waals surface area contributed by atoms with Crippen LogP contribution in [0, 0.1) is 0 Å². The molecule has 5 heteroatoms. The third-order valence-electron chi connectivity index (χ3n) is 3.38. The third kappa shape index (κ3) is 3.36. The number of aryl methyl sites for hydroxylation is 1. The van der Waals surface area contributed by atoms with Gasteiger partial charge < -0.3 is 15.2 Å². The minimum atomic E-state index is 0.0144. The Kier molecular flexibility index (Phi) is 4.83. The van der Waals surface area contributed by atoms with Crippen molar-refractivity contribution < 1.29 is 4.79 Å². The summed E-state index contributed by atoms with van der Waals surface area (Å²) in [5.41, 5.74) is 0.726. The summed E-state index contributed by atoms with van der Waals surface area (Å²) >= 11 is 3.40. The first-order chi connectivity index (χ1) is 8.70. The average molecular weight is 314 g/mol. The molecule has 2 heterocycles. The van der Waals surface area contributed by atoms with Gasteiger partial charge in [-0.15, -0.1) is 0 Å². The van der Waals surface area contributed by atoms with Crippen molar-refractivity contribution in [3.05, 3.63) is 22.4 Å². The number of nitrogens with zero attached hydrogens (tertiary/aromatic N) is 1. The number of hydrogen-bond acceptors (Lipinski definition) is 2. The zero-order chi connectivity index (χ0) is 13.0. The smallest absolute Gasteiger partial charge is 0.267 e. The van der Waals surface area contributed by atoms with Crippen LogP contribution in [0.2, 0.25) is 0 Å². The molecule has 0 spiro atoms. The Morgan fingerprint density at radius 3 is 3.17 bits per heavy atom. The van der Waals surface area contributed by atoms with Gasteiger partial charge in [-0.3, -0.25) is 4.79 Å². The van der Waals surface area contributed by atoms with Crippen molar-refractivity contribution in [1.82, 2.24) is 15.2 Å². The number of carbonyl (C=O) groups excluding carboxylic acids is 1. The first kappa shape index (κ1) is 13.6. The second-order valence-corrected chi connectivity index (χ2v) is 5.58. The van der Waals surface area contributed by atoms with Gasteiger partial charge in [0.05, 0.1) is 0 Å². The molecule has 0 aliphatic carbocycles. The maximum atomic E-state index is 12.0. The van der Waals surface area contributed by atoms with Gasteiger partial charge in [-0.25, -0.2) is 0 Å². The van der Waals surface area contributed by atoms with Gasteiger partial charge in [0.15, 0.2) is 0 Å². The zero-order valence-electron chi connectivity index (χ0n) is 10.7. The highest BCUT2D eigenvalue weighted by molar-refractivity contribution is 9.10. The van der Waals surface area contributed by atoms with Crippen molar-refractivity contribution in [3.8, 4) is 0 Å². The summed E-state index contributed by atoms with van der Waals surface area (Å²) in [6.45, 7) is 4.69. The van der Waals surface area contributed by atoms with E-state index in [0.29, 0.717) is 6.04 Å². The van der Waals surface area contributed by atoms with Gasteiger partial charge >= 0.3 is 0 Å². The molecule has 1 atom stereocenters. The Bertz CT molecular complexity index is 410. The molecular formula is C13H20BrN3O. The monoisotopic (exact) mass is 313 g/mol. The van der Waals surface area contributed by atoms with Crippen molar-refractivity contribution in [2.75, 3.05) is 13.1 Å². The van der Waals surface area contributed by atoms with Gasteiger partial charge in [0.1, 0.15) is 5.69 Å². The van der Waals surface area contributed by atoms with E-state index in [9.17, 15) is 4.79 Å². The van der Waals surface area contributed by atoms with E-state index in [2.05, 4.69) is 26.6 Å². The van der Waals surface area contributed by atoms with E-state index >= 15 is 0 Å². The molecule has 0 radical (unpaired) electrons. The maximum absolute atomic E-state index is 12.0. The molecule has 1 amide bonds. The number of aromatic nitrogens is 1. The van der Waals surface area contributed by atoms with E-state index in [1.54, 1.807) is 0 Å². The first-order valence-corrected chi connectivity index (χ1v) is 7.37. The van der Waals surface area contributed by atoms with E-state index in [-0.39, 0.29) is 5.91 Å². The molecule has 1 aromatic rings. The Labute approximate surface area is 116 Å². The number of rotatable bonds is 5. The third-order valence-corrected chi connectivity index (χ3v) is 3.81. The first-order valence-electron chi connectivity index (χ1n) is 6.58. The van der Waals surface area contributed by atoms with Crippen molar-refractivity contribution >= 4 is 21.8 Å². The van der Waals surface area contributed by atoms with Crippen molar-refractivity contribution in [2.45, 2.75) is 38.8 Å². The molecule has 0 aromatic carbocycles. The van der Waals surface area contributed by atoms with Gasteiger partial charge in [-0.2, -0.15) is 0 Å². The number of amides is 1. The van der Waals surface area contributed by atoms with Gasteiger partial charge in [0, 0.05) is 29.8 Å². The number of hydrogen-bond donors (Lipinski definition) is 2. The molecule has 0 unspecified atom stereocenters. The fourth-order valence-corrected chi connectivity index (χ4v) is 2.84. The second kappa shape index (κ2) is 6.38. The van der Waals surface area contributed by atoms with Crippen LogP contribution in [0.25, 0.3) is 0 Å². The molecule has 0 bridgehead atoms. The molecule has 0 saturated carbocycles. The van der Waals surface area contributed by atoms with E-state index in [1.165, 1.54) is 12.8 Å². The molecule has 2 N–H and O–H groups in total. The Morgan fingerprint density at radius 1 is 1.67 bits per heavy atom. The van der Waals surface area contributed by atoms with Crippen LogP contribution in [0.5, 0.6) is 0 Å². The zero-order valence-corrected chi connectivity index (χ0v) is 12.3. The highest BCUT2D eigenvalue weighted by Gasteiger charge is 2.15. The van der Waals surface area contributed by atoms with Gasteiger partial charge in [-0.05, 0) is 54.7 Å². The standard InChI is InChI=1S/C13H20BrN3O/c1-2-17-9-10(14)8-12(17)13(18)16-7-5-11-4-3-6-15-11/h8-9,11,15H,2-7H2,1H3,(H,16,18)/t11-/m0/s1. The Balaban J connectivity index is 1.83. The topological polar surface area (TPSA) is 46.1 Å². The predicted octanol–water partition coefficient (Wildman–Crippen LogP) is 2.14. The average Bonchev–Trinajstić information content (AvgIpc) is 2.98. The Hall–Kier alpha value is -0.810. The number of halogens is 1. The minimum Gasteiger partial charge on any atom is -0.351 e. The molecule has 18 heavy (non-hydrogen) atoms. The van der Waals surface area contributed by atoms with Gasteiger partial charge in [0.2, 0.25) is 0 Å². The molecule has 4 nitrogen and oxygen atoms in total. The van der Waals surface area contributed by atoms with Crippen molar-refractivity contribution in [2.24, 2.45) is 0 Å². The molecule has 1 saturated heterocycles. The van der Waals surface area contributed by atoms with E-state index in [0.717, 1.165) is 36.2 Å². The quantitative estimate of drug-likeness (QED) is 0.875. The fourth-order valence-electron chi connectivity index (χ4n) is 2.38. The summed E-state index contributed by atoms with van der Waals surface area (Å²) in [5, 5.41) is 6.43. The summed E-state index contributed by atoms with van der Waals surface area (Å²) in [4.78, 5) is 12.0. The van der Waals surface area contributed by atoms with Crippen LogP contribution in [0.4, 0.5) is 0 Å². The lowest BCUT2D eigenvalue weighted by molar-refractivity contribution is 0.0943. The lowest BCUT2D eigenvalue weighted by Gasteiger charge is -2.11. The SMILES string of the molecule is CCn1cc(Br)cc1C(=O)NCC[C@@H]1CCCN1. The highest BCUT2D eigenvalue weighted by Crippen LogP contribution is 2.15. The normalized spacial score (nSPS) is 19.1. The molecular weight excluding hydrogens is 294 g/mol. The summed E-state index contributed by atoms with van der Waals surface area (Å²) < 4.78 is 2.90. The van der Waals surface area contributed by atoms with E-state index in [1.807, 2.05) is 23.8 Å². The largest absolute Gasteiger partial charge is 0.351 e. The van der Waals surface area contributed by atoms with Crippen LogP contribution in [-0.4, -0.2) is 29.6 Å². The summed E-state index contributed by atoms with van der Waals surface area (Å²) in [5.74, 6) is 0.0144. The fraction of sp³-hybridized carbons (Fsp3) is 0.615.